The summed E-state index contributed by atoms with van der Waals surface area (Å²) in [5.41, 5.74) is 7.08. The first-order valence-corrected chi connectivity index (χ1v) is 7.32. The molecule has 90 valence electrons. The Hall–Kier alpha value is -1.67. The van der Waals surface area contributed by atoms with Gasteiger partial charge in [-0.15, -0.1) is 10.2 Å². The SMILES string of the molecule is CS(=O)(=O)Nc1nnc(-c2cccc(N)c2)s1. The van der Waals surface area contributed by atoms with Gasteiger partial charge in [-0.05, 0) is 12.1 Å². The van der Waals surface area contributed by atoms with Crippen molar-refractivity contribution in [3.63, 3.8) is 0 Å². The molecule has 8 heteroatoms. The fourth-order valence-electron chi connectivity index (χ4n) is 1.21. The van der Waals surface area contributed by atoms with Gasteiger partial charge in [0, 0.05) is 11.3 Å². The van der Waals surface area contributed by atoms with E-state index in [2.05, 4.69) is 14.9 Å². The van der Waals surface area contributed by atoms with Crippen molar-refractivity contribution in [2.24, 2.45) is 0 Å². The van der Waals surface area contributed by atoms with Gasteiger partial charge in [-0.25, -0.2) is 8.42 Å². The zero-order chi connectivity index (χ0) is 12.5. The molecule has 0 atom stereocenters. The quantitative estimate of drug-likeness (QED) is 0.815. The molecule has 0 saturated carbocycles. The first-order chi connectivity index (χ1) is 7.94. The largest absolute Gasteiger partial charge is 0.399 e. The lowest BCUT2D eigenvalue weighted by Gasteiger charge is -1.97. The molecule has 3 N–H and O–H groups in total. The van der Waals surface area contributed by atoms with Gasteiger partial charge in [-0.2, -0.15) is 0 Å². The van der Waals surface area contributed by atoms with Crippen LogP contribution in [0.5, 0.6) is 0 Å². The van der Waals surface area contributed by atoms with Gasteiger partial charge in [0.2, 0.25) is 15.2 Å². The molecule has 0 radical (unpaired) electrons. The van der Waals surface area contributed by atoms with E-state index in [1.54, 1.807) is 18.2 Å². The highest BCUT2D eigenvalue weighted by Crippen LogP contribution is 2.27. The number of anilines is 2. The van der Waals surface area contributed by atoms with Crippen LogP contribution in [-0.2, 0) is 10.0 Å². The highest BCUT2D eigenvalue weighted by molar-refractivity contribution is 7.92. The molecule has 2 rings (SSSR count). The van der Waals surface area contributed by atoms with Crippen molar-refractivity contribution in [3.05, 3.63) is 24.3 Å². The Kier molecular flexibility index (Phi) is 2.99. The van der Waals surface area contributed by atoms with Gasteiger partial charge in [-0.1, -0.05) is 23.5 Å². The Morgan fingerprint density at radius 2 is 2.12 bits per heavy atom. The Morgan fingerprint density at radius 3 is 2.76 bits per heavy atom. The Labute approximate surface area is 103 Å². The molecule has 0 spiro atoms. The molecule has 1 aromatic carbocycles. The van der Waals surface area contributed by atoms with Gasteiger partial charge in [0.1, 0.15) is 5.01 Å². The third-order valence-electron chi connectivity index (χ3n) is 1.83. The average Bonchev–Trinajstić information content (AvgIpc) is 2.63. The molecule has 1 aromatic heterocycles. The van der Waals surface area contributed by atoms with Crippen LogP contribution in [0.1, 0.15) is 0 Å². The summed E-state index contributed by atoms with van der Waals surface area (Å²) in [6.45, 7) is 0. The lowest BCUT2D eigenvalue weighted by molar-refractivity contribution is 0.606. The Bertz CT molecular complexity index is 636. The van der Waals surface area contributed by atoms with Crippen LogP contribution in [0.25, 0.3) is 10.6 Å². The maximum atomic E-state index is 11.0. The fourth-order valence-corrected chi connectivity index (χ4v) is 2.78. The molecule has 0 aliphatic heterocycles. The zero-order valence-electron chi connectivity index (χ0n) is 8.91. The first-order valence-electron chi connectivity index (χ1n) is 4.61. The number of nitrogens with two attached hydrogens (primary N) is 1. The van der Waals surface area contributed by atoms with Crippen molar-refractivity contribution in [2.45, 2.75) is 0 Å². The molecule has 0 aliphatic carbocycles. The number of rotatable bonds is 3. The summed E-state index contributed by atoms with van der Waals surface area (Å²) in [6.07, 6.45) is 1.06. The molecule has 0 amide bonds. The van der Waals surface area contributed by atoms with E-state index < -0.39 is 10.0 Å². The molecule has 0 bridgehead atoms. The first kappa shape index (κ1) is 11.8. The molecule has 0 aliphatic rings. The van der Waals surface area contributed by atoms with Crippen LogP contribution in [0.3, 0.4) is 0 Å². The smallest absolute Gasteiger partial charge is 0.231 e. The monoisotopic (exact) mass is 270 g/mol. The van der Waals surface area contributed by atoms with Gasteiger partial charge < -0.3 is 5.73 Å². The van der Waals surface area contributed by atoms with Crippen molar-refractivity contribution in [2.75, 3.05) is 16.7 Å². The Morgan fingerprint density at radius 1 is 1.35 bits per heavy atom. The minimum Gasteiger partial charge on any atom is -0.399 e. The molecule has 1 heterocycles. The molecular weight excluding hydrogens is 260 g/mol. The minimum absolute atomic E-state index is 0.241. The lowest BCUT2D eigenvalue weighted by Crippen LogP contribution is -2.08. The second kappa shape index (κ2) is 4.30. The van der Waals surface area contributed by atoms with Gasteiger partial charge >= 0.3 is 0 Å². The predicted molar refractivity (Wildman–Crippen MR) is 68.2 cm³/mol. The van der Waals surface area contributed by atoms with E-state index in [-0.39, 0.29) is 5.13 Å². The highest BCUT2D eigenvalue weighted by atomic mass is 32.2. The van der Waals surface area contributed by atoms with E-state index in [0.717, 1.165) is 23.2 Å². The van der Waals surface area contributed by atoms with Crippen molar-refractivity contribution in [1.82, 2.24) is 10.2 Å². The number of sulfonamides is 1. The second-order valence-electron chi connectivity index (χ2n) is 3.41. The van der Waals surface area contributed by atoms with Gasteiger partial charge in [0.15, 0.2) is 0 Å². The lowest BCUT2D eigenvalue weighted by atomic mass is 10.2. The topological polar surface area (TPSA) is 98.0 Å². The van der Waals surface area contributed by atoms with E-state index in [9.17, 15) is 8.42 Å². The summed E-state index contributed by atoms with van der Waals surface area (Å²) in [5.74, 6) is 0. The summed E-state index contributed by atoms with van der Waals surface area (Å²) in [6, 6.07) is 7.15. The summed E-state index contributed by atoms with van der Waals surface area (Å²) in [5, 5.41) is 8.50. The van der Waals surface area contributed by atoms with Gasteiger partial charge in [0.05, 0.1) is 6.26 Å². The summed E-state index contributed by atoms with van der Waals surface area (Å²) in [4.78, 5) is 0. The van der Waals surface area contributed by atoms with E-state index in [1.807, 2.05) is 6.07 Å². The number of nitrogen functional groups attached to an aromatic ring is 1. The fraction of sp³-hybridized carbons (Fsp3) is 0.111. The third kappa shape index (κ3) is 3.14. The zero-order valence-corrected chi connectivity index (χ0v) is 10.5. The number of benzene rings is 1. The summed E-state index contributed by atoms with van der Waals surface area (Å²) < 4.78 is 24.3. The standard InChI is InChI=1S/C9H10N4O2S2/c1-17(14,15)13-9-12-11-8(16-9)6-3-2-4-7(10)5-6/h2-5H,10H2,1H3,(H,12,13). The van der Waals surface area contributed by atoms with Crippen LogP contribution < -0.4 is 10.5 Å². The second-order valence-corrected chi connectivity index (χ2v) is 6.14. The van der Waals surface area contributed by atoms with Crippen LogP contribution in [0.15, 0.2) is 24.3 Å². The number of aromatic nitrogens is 2. The van der Waals surface area contributed by atoms with Crippen LogP contribution >= 0.6 is 11.3 Å². The van der Waals surface area contributed by atoms with E-state index >= 15 is 0 Å². The van der Waals surface area contributed by atoms with Gasteiger partial charge in [0.25, 0.3) is 0 Å². The van der Waals surface area contributed by atoms with E-state index in [4.69, 9.17) is 5.73 Å². The number of nitrogens with one attached hydrogen (secondary N) is 1. The van der Waals surface area contributed by atoms with Crippen LogP contribution in [0.2, 0.25) is 0 Å². The van der Waals surface area contributed by atoms with Crippen molar-refractivity contribution in [1.29, 1.82) is 0 Å². The molecule has 6 nitrogen and oxygen atoms in total. The molecule has 0 unspecified atom stereocenters. The number of hydrogen-bond acceptors (Lipinski definition) is 6. The molecule has 0 fully saturated rings. The molecule has 17 heavy (non-hydrogen) atoms. The van der Waals surface area contributed by atoms with Crippen molar-refractivity contribution in [3.8, 4) is 10.6 Å². The molecule has 0 saturated heterocycles. The van der Waals surface area contributed by atoms with E-state index in [0.29, 0.717) is 10.7 Å². The maximum Gasteiger partial charge on any atom is 0.231 e. The Balaban J connectivity index is 2.30. The number of hydrogen-bond donors (Lipinski definition) is 2. The minimum atomic E-state index is -3.32. The summed E-state index contributed by atoms with van der Waals surface area (Å²) in [7, 11) is -3.32. The summed E-state index contributed by atoms with van der Waals surface area (Å²) >= 11 is 1.15. The predicted octanol–water partition coefficient (Wildman–Crippen LogP) is 1.16. The van der Waals surface area contributed by atoms with Gasteiger partial charge in [-0.3, -0.25) is 4.72 Å². The normalized spacial score (nSPS) is 11.4. The molecular formula is C9H10N4O2S2. The third-order valence-corrected chi connectivity index (χ3v) is 3.41. The van der Waals surface area contributed by atoms with Crippen molar-refractivity contribution >= 4 is 32.2 Å². The van der Waals surface area contributed by atoms with Crippen molar-refractivity contribution < 1.29 is 8.42 Å². The molecule has 2 aromatic rings. The van der Waals surface area contributed by atoms with E-state index in [1.165, 1.54) is 0 Å². The number of nitrogens with zero attached hydrogens (tertiary/aromatic N) is 2. The highest BCUT2D eigenvalue weighted by Gasteiger charge is 2.09. The maximum absolute atomic E-state index is 11.0. The van der Waals surface area contributed by atoms with Crippen LogP contribution in [0.4, 0.5) is 10.8 Å². The van der Waals surface area contributed by atoms with Crippen LogP contribution in [-0.4, -0.2) is 24.9 Å². The van der Waals surface area contributed by atoms with Crippen LogP contribution in [0, 0.1) is 0 Å². The average molecular weight is 270 g/mol.